The monoisotopic (exact) mass is 263 g/mol. The molecule has 1 aliphatic rings. The fourth-order valence-electron chi connectivity index (χ4n) is 2.92. The zero-order chi connectivity index (χ0) is 14.2. The molecule has 1 heterocycles. The van der Waals surface area contributed by atoms with Gasteiger partial charge in [0, 0.05) is 11.3 Å². The van der Waals surface area contributed by atoms with E-state index in [1.807, 2.05) is 0 Å². The van der Waals surface area contributed by atoms with Crippen LogP contribution in [0.1, 0.15) is 32.8 Å². The Hall–Kier alpha value is -2.02. The molecule has 1 N–H and O–H groups in total. The summed E-state index contributed by atoms with van der Waals surface area (Å²) in [5.41, 5.74) is 6.61. The van der Waals surface area contributed by atoms with Gasteiger partial charge in [-0.2, -0.15) is 0 Å². The van der Waals surface area contributed by atoms with Gasteiger partial charge in [0.2, 0.25) is 0 Å². The second-order valence-corrected chi connectivity index (χ2v) is 6.00. The maximum absolute atomic E-state index is 3.60. The zero-order valence-corrected chi connectivity index (χ0v) is 12.4. The topological polar surface area (TPSA) is 12.0 Å². The molecule has 20 heavy (non-hydrogen) atoms. The maximum atomic E-state index is 3.60. The summed E-state index contributed by atoms with van der Waals surface area (Å²) in [6, 6.07) is 17.3. The molecule has 1 heteroatoms. The zero-order valence-electron chi connectivity index (χ0n) is 12.4. The number of hydrogen-bond donors (Lipinski definition) is 1. The SMILES string of the molecule is CCC1=CC(C)(C)Nc2ccc(-c3ccccc3)cc21. The summed E-state index contributed by atoms with van der Waals surface area (Å²) in [6.07, 6.45) is 3.42. The van der Waals surface area contributed by atoms with Crippen molar-refractivity contribution in [2.45, 2.75) is 32.7 Å². The standard InChI is InChI=1S/C19H21N/c1-4-14-13-19(2,3)20-18-11-10-16(12-17(14)18)15-8-6-5-7-9-15/h5-13,20H,4H2,1-3H3. The third kappa shape index (κ3) is 2.36. The van der Waals surface area contributed by atoms with E-state index >= 15 is 0 Å². The Morgan fingerprint density at radius 1 is 0.950 bits per heavy atom. The minimum atomic E-state index is 0.0343. The Morgan fingerprint density at radius 3 is 2.40 bits per heavy atom. The van der Waals surface area contributed by atoms with Gasteiger partial charge < -0.3 is 5.32 Å². The Morgan fingerprint density at radius 2 is 1.70 bits per heavy atom. The molecular weight excluding hydrogens is 242 g/mol. The summed E-state index contributed by atoms with van der Waals surface area (Å²) in [6.45, 7) is 6.67. The maximum Gasteiger partial charge on any atom is 0.0506 e. The molecule has 0 saturated heterocycles. The van der Waals surface area contributed by atoms with Crippen LogP contribution in [0.25, 0.3) is 16.7 Å². The van der Waals surface area contributed by atoms with Crippen molar-refractivity contribution in [3.8, 4) is 11.1 Å². The van der Waals surface area contributed by atoms with Crippen molar-refractivity contribution in [2.24, 2.45) is 0 Å². The number of rotatable bonds is 2. The molecule has 1 aliphatic heterocycles. The molecule has 2 aromatic rings. The number of fused-ring (bicyclic) bond motifs is 1. The number of anilines is 1. The highest BCUT2D eigenvalue weighted by atomic mass is 15.0. The summed E-state index contributed by atoms with van der Waals surface area (Å²) in [5, 5.41) is 3.60. The van der Waals surface area contributed by atoms with Crippen molar-refractivity contribution in [1.82, 2.24) is 0 Å². The molecule has 0 aromatic heterocycles. The fourth-order valence-corrected chi connectivity index (χ4v) is 2.92. The van der Waals surface area contributed by atoms with E-state index < -0.39 is 0 Å². The van der Waals surface area contributed by atoms with Crippen LogP contribution in [0, 0.1) is 0 Å². The second kappa shape index (κ2) is 4.82. The highest BCUT2D eigenvalue weighted by Gasteiger charge is 2.23. The first-order valence-electron chi connectivity index (χ1n) is 7.29. The summed E-state index contributed by atoms with van der Waals surface area (Å²) in [5.74, 6) is 0. The van der Waals surface area contributed by atoms with E-state index in [1.165, 1.54) is 28.0 Å². The Kier molecular flexibility index (Phi) is 3.13. The number of benzene rings is 2. The Balaban J connectivity index is 2.10. The molecule has 2 aromatic carbocycles. The van der Waals surface area contributed by atoms with E-state index in [9.17, 15) is 0 Å². The van der Waals surface area contributed by atoms with Crippen molar-refractivity contribution in [2.75, 3.05) is 5.32 Å². The van der Waals surface area contributed by atoms with Crippen molar-refractivity contribution in [3.63, 3.8) is 0 Å². The molecule has 3 rings (SSSR count). The summed E-state index contributed by atoms with van der Waals surface area (Å²) in [4.78, 5) is 0. The molecule has 0 atom stereocenters. The highest BCUT2D eigenvalue weighted by molar-refractivity contribution is 5.84. The lowest BCUT2D eigenvalue weighted by Gasteiger charge is -2.32. The average molecular weight is 263 g/mol. The van der Waals surface area contributed by atoms with E-state index in [0.717, 1.165) is 6.42 Å². The van der Waals surface area contributed by atoms with Gasteiger partial charge in [0.15, 0.2) is 0 Å². The van der Waals surface area contributed by atoms with Crippen molar-refractivity contribution in [3.05, 3.63) is 60.2 Å². The fraction of sp³-hybridized carbons (Fsp3) is 0.263. The van der Waals surface area contributed by atoms with Gasteiger partial charge >= 0.3 is 0 Å². The summed E-state index contributed by atoms with van der Waals surface area (Å²) >= 11 is 0. The normalized spacial score (nSPS) is 16.1. The van der Waals surface area contributed by atoms with Crippen molar-refractivity contribution >= 4 is 11.3 Å². The molecule has 0 unspecified atom stereocenters. The molecule has 0 spiro atoms. The van der Waals surface area contributed by atoms with Gasteiger partial charge in [-0.25, -0.2) is 0 Å². The molecule has 0 bridgehead atoms. The van der Waals surface area contributed by atoms with E-state index in [2.05, 4.69) is 80.7 Å². The summed E-state index contributed by atoms with van der Waals surface area (Å²) in [7, 11) is 0. The Bertz CT molecular complexity index is 651. The highest BCUT2D eigenvalue weighted by Crippen LogP contribution is 2.37. The quantitative estimate of drug-likeness (QED) is 0.770. The molecular formula is C19H21N. The summed E-state index contributed by atoms with van der Waals surface area (Å²) < 4.78 is 0. The van der Waals surface area contributed by atoms with Gasteiger partial charge in [0.25, 0.3) is 0 Å². The molecule has 0 fully saturated rings. The molecule has 0 amide bonds. The lowest BCUT2D eigenvalue weighted by molar-refractivity contribution is 0.705. The molecule has 0 aliphatic carbocycles. The minimum absolute atomic E-state index is 0.0343. The van der Waals surface area contributed by atoms with Crippen LogP contribution in [-0.2, 0) is 0 Å². The van der Waals surface area contributed by atoms with Crippen LogP contribution in [0.3, 0.4) is 0 Å². The van der Waals surface area contributed by atoms with E-state index in [1.54, 1.807) is 0 Å². The first-order valence-corrected chi connectivity index (χ1v) is 7.29. The lowest BCUT2D eigenvalue weighted by atomic mass is 9.87. The molecule has 1 nitrogen and oxygen atoms in total. The third-order valence-corrected chi connectivity index (χ3v) is 3.85. The van der Waals surface area contributed by atoms with E-state index in [4.69, 9.17) is 0 Å². The first kappa shape index (κ1) is 13.0. The van der Waals surface area contributed by atoms with Gasteiger partial charge in [-0.05, 0) is 49.1 Å². The van der Waals surface area contributed by atoms with Gasteiger partial charge in [-0.1, -0.05) is 49.4 Å². The largest absolute Gasteiger partial charge is 0.376 e. The molecule has 0 saturated carbocycles. The van der Waals surface area contributed by atoms with Crippen LogP contribution in [0.2, 0.25) is 0 Å². The van der Waals surface area contributed by atoms with Crippen LogP contribution in [-0.4, -0.2) is 5.54 Å². The second-order valence-electron chi connectivity index (χ2n) is 6.00. The van der Waals surface area contributed by atoms with Crippen molar-refractivity contribution in [1.29, 1.82) is 0 Å². The molecule has 102 valence electrons. The van der Waals surface area contributed by atoms with Gasteiger partial charge in [-0.15, -0.1) is 0 Å². The Labute approximate surface area is 121 Å². The predicted octanol–water partition coefficient (Wildman–Crippen LogP) is 5.35. The molecule has 0 radical (unpaired) electrons. The van der Waals surface area contributed by atoms with Gasteiger partial charge in [0.05, 0.1) is 5.54 Å². The third-order valence-electron chi connectivity index (χ3n) is 3.85. The van der Waals surface area contributed by atoms with Crippen LogP contribution in [0.15, 0.2) is 54.6 Å². The van der Waals surface area contributed by atoms with E-state index in [0.29, 0.717) is 0 Å². The van der Waals surface area contributed by atoms with Gasteiger partial charge in [-0.3, -0.25) is 0 Å². The average Bonchev–Trinajstić information content (AvgIpc) is 2.46. The van der Waals surface area contributed by atoms with Crippen LogP contribution >= 0.6 is 0 Å². The minimum Gasteiger partial charge on any atom is -0.376 e. The number of hydrogen-bond acceptors (Lipinski definition) is 1. The van der Waals surface area contributed by atoms with Crippen molar-refractivity contribution < 1.29 is 0 Å². The predicted molar refractivity (Wildman–Crippen MR) is 87.8 cm³/mol. The smallest absolute Gasteiger partial charge is 0.0506 e. The lowest BCUT2D eigenvalue weighted by Crippen LogP contribution is -2.31. The first-order chi connectivity index (χ1) is 9.59. The van der Waals surface area contributed by atoms with Crippen LogP contribution in [0.4, 0.5) is 5.69 Å². The van der Waals surface area contributed by atoms with Crippen LogP contribution < -0.4 is 5.32 Å². The van der Waals surface area contributed by atoms with Gasteiger partial charge in [0.1, 0.15) is 0 Å². The van der Waals surface area contributed by atoms with Crippen LogP contribution in [0.5, 0.6) is 0 Å². The number of allylic oxidation sites excluding steroid dienone is 1. The van der Waals surface area contributed by atoms with E-state index in [-0.39, 0.29) is 5.54 Å². The number of nitrogens with one attached hydrogen (secondary N) is 1.